The number of hydrogen-bond acceptors (Lipinski definition) is 7. The standard InChI is InChI=1S/C30H30ClN5O3S/c1-4-16-40-30-34-29-32-19(2)26(28(37)33-23-8-6-5-7-9-23)27(36(29)35-30)21-12-15-24(25(17-21)38-3)39-18-20-10-13-22(31)14-11-20/h5-15,17,27H,4,16,18H2,1-3H3,(H,33,37)(H,32,34,35). The van der Waals surface area contributed by atoms with E-state index in [1.807, 2.05) is 79.7 Å². The maximum absolute atomic E-state index is 13.7. The van der Waals surface area contributed by atoms with Crippen molar-refractivity contribution in [1.82, 2.24) is 14.8 Å². The first kappa shape index (κ1) is 27.6. The third kappa shape index (κ3) is 6.11. The molecule has 0 saturated heterocycles. The third-order valence-electron chi connectivity index (χ3n) is 6.36. The van der Waals surface area contributed by atoms with Gasteiger partial charge in [-0.15, -0.1) is 5.10 Å². The first-order chi connectivity index (χ1) is 19.5. The Morgan fingerprint density at radius 3 is 2.60 bits per heavy atom. The zero-order valence-corrected chi connectivity index (χ0v) is 24.1. The highest BCUT2D eigenvalue weighted by Crippen LogP contribution is 2.40. The van der Waals surface area contributed by atoms with E-state index >= 15 is 0 Å². The summed E-state index contributed by atoms with van der Waals surface area (Å²) < 4.78 is 13.6. The van der Waals surface area contributed by atoms with Crippen LogP contribution in [0, 0.1) is 0 Å². The fraction of sp³-hybridized carbons (Fsp3) is 0.233. The van der Waals surface area contributed by atoms with E-state index in [1.165, 1.54) is 0 Å². The molecule has 1 aliphatic heterocycles. The molecular weight excluding hydrogens is 546 g/mol. The van der Waals surface area contributed by atoms with E-state index in [1.54, 1.807) is 23.6 Å². The van der Waals surface area contributed by atoms with Gasteiger partial charge in [0.05, 0.1) is 12.7 Å². The molecule has 1 unspecified atom stereocenters. The minimum Gasteiger partial charge on any atom is -0.493 e. The van der Waals surface area contributed by atoms with Gasteiger partial charge in [0.15, 0.2) is 11.5 Å². The van der Waals surface area contributed by atoms with Crippen molar-refractivity contribution < 1.29 is 14.3 Å². The molecule has 5 rings (SSSR count). The second-order valence-corrected chi connectivity index (χ2v) is 10.7. The third-order valence-corrected chi connectivity index (χ3v) is 7.65. The van der Waals surface area contributed by atoms with Crippen molar-refractivity contribution in [3.8, 4) is 11.5 Å². The Bertz CT molecular complexity index is 1520. The van der Waals surface area contributed by atoms with Gasteiger partial charge in [-0.1, -0.05) is 66.7 Å². The normalized spacial score (nSPS) is 14.3. The number of nitrogens with one attached hydrogen (secondary N) is 2. The van der Waals surface area contributed by atoms with E-state index in [-0.39, 0.29) is 5.91 Å². The summed E-state index contributed by atoms with van der Waals surface area (Å²) in [5.41, 5.74) is 3.74. The molecule has 0 fully saturated rings. The van der Waals surface area contributed by atoms with Gasteiger partial charge in [0, 0.05) is 22.2 Å². The summed E-state index contributed by atoms with van der Waals surface area (Å²) in [6.07, 6.45) is 1.00. The predicted molar refractivity (Wildman–Crippen MR) is 159 cm³/mol. The molecule has 40 heavy (non-hydrogen) atoms. The SMILES string of the molecule is CCCSc1nc2n(n1)C(c1ccc(OCc3ccc(Cl)cc3)c(OC)c1)C(C(=O)Nc1ccccc1)=C(C)N2. The molecule has 1 atom stereocenters. The van der Waals surface area contributed by atoms with Crippen LogP contribution in [0.1, 0.15) is 37.4 Å². The van der Waals surface area contributed by atoms with Crippen molar-refractivity contribution >= 4 is 40.9 Å². The summed E-state index contributed by atoms with van der Waals surface area (Å²) >= 11 is 7.59. The van der Waals surface area contributed by atoms with E-state index < -0.39 is 6.04 Å². The summed E-state index contributed by atoms with van der Waals surface area (Å²) in [4.78, 5) is 18.4. The van der Waals surface area contributed by atoms with Gasteiger partial charge >= 0.3 is 0 Å². The fourth-order valence-corrected chi connectivity index (χ4v) is 5.23. The number of fused-ring (bicyclic) bond motifs is 1. The van der Waals surface area contributed by atoms with Gasteiger partial charge in [0.25, 0.3) is 5.91 Å². The first-order valence-corrected chi connectivity index (χ1v) is 14.3. The Morgan fingerprint density at radius 2 is 1.88 bits per heavy atom. The molecule has 1 aromatic heterocycles. The van der Waals surface area contributed by atoms with Gasteiger partial charge in [-0.2, -0.15) is 4.98 Å². The molecule has 8 nitrogen and oxygen atoms in total. The topological polar surface area (TPSA) is 90.3 Å². The molecule has 3 aromatic carbocycles. The van der Waals surface area contributed by atoms with Crippen molar-refractivity contribution in [3.05, 3.63) is 100 Å². The van der Waals surface area contributed by atoms with Gasteiger partial charge < -0.3 is 20.1 Å². The summed E-state index contributed by atoms with van der Waals surface area (Å²) in [5.74, 6) is 2.39. The van der Waals surface area contributed by atoms with Crippen molar-refractivity contribution in [3.63, 3.8) is 0 Å². The Kier molecular flexibility index (Phi) is 8.62. The number of anilines is 2. The number of benzene rings is 3. The van der Waals surface area contributed by atoms with Crippen LogP contribution in [-0.2, 0) is 11.4 Å². The molecule has 0 saturated carbocycles. The number of para-hydroxylation sites is 1. The van der Waals surface area contributed by atoms with Crippen LogP contribution in [0.5, 0.6) is 11.5 Å². The van der Waals surface area contributed by atoms with Gasteiger partial charge in [-0.3, -0.25) is 4.79 Å². The predicted octanol–water partition coefficient (Wildman–Crippen LogP) is 6.95. The van der Waals surface area contributed by atoms with Crippen LogP contribution in [0.2, 0.25) is 5.02 Å². The highest BCUT2D eigenvalue weighted by molar-refractivity contribution is 7.99. The number of thioether (sulfide) groups is 1. The van der Waals surface area contributed by atoms with Crippen molar-refractivity contribution in [1.29, 1.82) is 0 Å². The molecular formula is C30H30ClN5O3S. The molecule has 0 aliphatic carbocycles. The van der Waals surface area contributed by atoms with E-state index in [4.69, 9.17) is 31.2 Å². The number of carbonyl (C=O) groups excluding carboxylic acids is 1. The zero-order chi connectivity index (χ0) is 28.1. The maximum Gasteiger partial charge on any atom is 0.255 e. The van der Waals surface area contributed by atoms with Crippen LogP contribution >= 0.6 is 23.4 Å². The monoisotopic (exact) mass is 575 g/mol. The fourth-order valence-electron chi connectivity index (χ4n) is 4.42. The molecule has 0 bridgehead atoms. The largest absolute Gasteiger partial charge is 0.493 e. The Morgan fingerprint density at radius 1 is 1.10 bits per heavy atom. The molecule has 10 heteroatoms. The molecule has 2 N–H and O–H groups in total. The van der Waals surface area contributed by atoms with E-state index in [9.17, 15) is 4.79 Å². The molecule has 4 aromatic rings. The Hall–Kier alpha value is -3.95. The van der Waals surface area contributed by atoms with Crippen LogP contribution in [0.15, 0.2) is 89.2 Å². The smallest absolute Gasteiger partial charge is 0.255 e. The lowest BCUT2D eigenvalue weighted by Crippen LogP contribution is -2.31. The van der Waals surface area contributed by atoms with Crippen LogP contribution in [0.3, 0.4) is 0 Å². The number of halogens is 1. The van der Waals surface area contributed by atoms with E-state index in [2.05, 4.69) is 17.6 Å². The van der Waals surface area contributed by atoms with Crippen LogP contribution in [0.25, 0.3) is 0 Å². The minimum atomic E-state index is -0.539. The molecule has 1 amide bonds. The lowest BCUT2D eigenvalue weighted by Gasteiger charge is -2.29. The molecule has 0 spiro atoms. The second-order valence-electron chi connectivity index (χ2n) is 9.22. The zero-order valence-electron chi connectivity index (χ0n) is 22.5. The molecule has 2 heterocycles. The summed E-state index contributed by atoms with van der Waals surface area (Å²) in [5, 5.41) is 12.4. The van der Waals surface area contributed by atoms with Gasteiger partial charge in [-0.25, -0.2) is 4.68 Å². The average Bonchev–Trinajstić information content (AvgIpc) is 3.37. The van der Waals surface area contributed by atoms with Crippen LogP contribution in [-0.4, -0.2) is 33.5 Å². The second kappa shape index (κ2) is 12.5. The van der Waals surface area contributed by atoms with Gasteiger partial charge in [0.1, 0.15) is 12.6 Å². The van der Waals surface area contributed by atoms with E-state index in [0.717, 1.165) is 23.3 Å². The van der Waals surface area contributed by atoms with Crippen LogP contribution < -0.4 is 20.1 Å². The number of nitrogens with zero attached hydrogens (tertiary/aromatic N) is 3. The summed E-state index contributed by atoms with van der Waals surface area (Å²) in [6, 6.07) is 22.0. The number of allylic oxidation sites excluding steroid dienone is 1. The van der Waals surface area contributed by atoms with Crippen LogP contribution in [0.4, 0.5) is 11.6 Å². The van der Waals surface area contributed by atoms with E-state index in [0.29, 0.717) is 51.2 Å². The number of hydrogen-bond donors (Lipinski definition) is 2. The number of amides is 1. The van der Waals surface area contributed by atoms with Crippen molar-refractivity contribution in [2.75, 3.05) is 23.5 Å². The number of aromatic nitrogens is 3. The number of ether oxygens (including phenoxy) is 2. The number of methoxy groups -OCH3 is 1. The quantitative estimate of drug-likeness (QED) is 0.198. The number of carbonyl (C=O) groups is 1. The number of rotatable bonds is 10. The van der Waals surface area contributed by atoms with Crippen molar-refractivity contribution in [2.24, 2.45) is 0 Å². The summed E-state index contributed by atoms with van der Waals surface area (Å²) in [6.45, 7) is 4.35. The lowest BCUT2D eigenvalue weighted by molar-refractivity contribution is -0.113. The van der Waals surface area contributed by atoms with Gasteiger partial charge in [-0.05, 0) is 60.9 Å². The maximum atomic E-state index is 13.7. The Labute approximate surface area is 242 Å². The highest BCUT2D eigenvalue weighted by Gasteiger charge is 2.35. The Balaban J connectivity index is 1.50. The van der Waals surface area contributed by atoms with Gasteiger partial charge in [0.2, 0.25) is 11.1 Å². The average molecular weight is 576 g/mol. The molecule has 1 aliphatic rings. The summed E-state index contributed by atoms with van der Waals surface area (Å²) in [7, 11) is 1.60. The minimum absolute atomic E-state index is 0.229. The highest BCUT2D eigenvalue weighted by atomic mass is 35.5. The first-order valence-electron chi connectivity index (χ1n) is 13.0. The molecule has 206 valence electrons. The molecule has 0 radical (unpaired) electrons. The lowest BCUT2D eigenvalue weighted by atomic mass is 9.94. The van der Waals surface area contributed by atoms with Crippen molar-refractivity contribution in [2.45, 2.75) is 38.1 Å².